The Morgan fingerprint density at radius 2 is 2.08 bits per heavy atom. The standard InChI is InChI=1S/C17H19N5O2/c18-17(24)14-8-9-21(11-14)16(23)7-6-15-12-22(20-19-15)10-13-4-2-1-3-5-13/h1-7,12,14H,8-11H2,(H2,18,24)/b7-6-/t14-/m0/s1. The van der Waals surface area contributed by atoms with Crippen LogP contribution in [0.25, 0.3) is 6.08 Å². The number of benzene rings is 1. The molecule has 1 aromatic carbocycles. The number of carbonyl (C=O) groups is 2. The number of carbonyl (C=O) groups excluding carboxylic acids is 2. The molecule has 2 aromatic rings. The molecule has 1 fully saturated rings. The first-order valence-electron chi connectivity index (χ1n) is 7.82. The molecule has 1 saturated heterocycles. The average Bonchev–Trinajstić information content (AvgIpc) is 3.23. The van der Waals surface area contributed by atoms with Crippen LogP contribution >= 0.6 is 0 Å². The Morgan fingerprint density at radius 1 is 1.29 bits per heavy atom. The monoisotopic (exact) mass is 325 g/mol. The molecule has 1 aromatic heterocycles. The van der Waals surface area contributed by atoms with E-state index in [0.29, 0.717) is 31.7 Å². The van der Waals surface area contributed by atoms with E-state index in [1.807, 2.05) is 30.3 Å². The summed E-state index contributed by atoms with van der Waals surface area (Å²) in [5.74, 6) is -0.733. The van der Waals surface area contributed by atoms with Gasteiger partial charge in [-0.1, -0.05) is 35.5 Å². The molecule has 2 N–H and O–H groups in total. The first-order chi connectivity index (χ1) is 11.6. The predicted molar refractivity (Wildman–Crippen MR) is 88.5 cm³/mol. The summed E-state index contributed by atoms with van der Waals surface area (Å²) in [7, 11) is 0. The molecule has 3 rings (SSSR count). The van der Waals surface area contributed by atoms with Gasteiger partial charge in [-0.05, 0) is 18.1 Å². The van der Waals surface area contributed by atoms with Crippen molar-refractivity contribution in [1.82, 2.24) is 19.9 Å². The zero-order valence-electron chi connectivity index (χ0n) is 13.2. The van der Waals surface area contributed by atoms with Crippen molar-refractivity contribution in [3.05, 3.63) is 53.9 Å². The van der Waals surface area contributed by atoms with Crippen molar-refractivity contribution in [1.29, 1.82) is 0 Å². The van der Waals surface area contributed by atoms with Crippen molar-refractivity contribution in [3.63, 3.8) is 0 Å². The van der Waals surface area contributed by atoms with E-state index in [0.717, 1.165) is 5.56 Å². The lowest BCUT2D eigenvalue weighted by molar-refractivity contribution is -0.125. The van der Waals surface area contributed by atoms with E-state index in [1.54, 1.807) is 21.9 Å². The number of nitrogens with two attached hydrogens (primary N) is 1. The van der Waals surface area contributed by atoms with Crippen LogP contribution in [0, 0.1) is 5.92 Å². The van der Waals surface area contributed by atoms with Gasteiger partial charge >= 0.3 is 0 Å². The molecule has 0 radical (unpaired) electrons. The molecule has 124 valence electrons. The Bertz CT molecular complexity index is 753. The number of hydrogen-bond donors (Lipinski definition) is 1. The van der Waals surface area contributed by atoms with E-state index in [4.69, 9.17) is 5.73 Å². The third-order valence-corrected chi connectivity index (χ3v) is 4.04. The van der Waals surface area contributed by atoms with Gasteiger partial charge in [0.15, 0.2) is 0 Å². The highest BCUT2D eigenvalue weighted by atomic mass is 16.2. The molecule has 1 aliphatic rings. The van der Waals surface area contributed by atoms with Crippen LogP contribution in [0.2, 0.25) is 0 Å². The molecule has 0 bridgehead atoms. The van der Waals surface area contributed by atoms with E-state index < -0.39 is 0 Å². The van der Waals surface area contributed by atoms with Crippen LogP contribution in [0.15, 0.2) is 42.6 Å². The molecule has 7 nitrogen and oxygen atoms in total. The highest BCUT2D eigenvalue weighted by Gasteiger charge is 2.28. The van der Waals surface area contributed by atoms with Crippen molar-refractivity contribution in [2.24, 2.45) is 11.7 Å². The van der Waals surface area contributed by atoms with Crippen LogP contribution in [0.1, 0.15) is 17.7 Å². The lowest BCUT2D eigenvalue weighted by Gasteiger charge is -2.12. The molecule has 0 aliphatic carbocycles. The van der Waals surface area contributed by atoms with E-state index in [-0.39, 0.29) is 17.7 Å². The summed E-state index contributed by atoms with van der Waals surface area (Å²) in [6.07, 6.45) is 5.50. The molecule has 0 spiro atoms. The summed E-state index contributed by atoms with van der Waals surface area (Å²) >= 11 is 0. The maximum atomic E-state index is 12.1. The molecule has 1 atom stereocenters. The second-order valence-electron chi connectivity index (χ2n) is 5.83. The fourth-order valence-electron chi connectivity index (χ4n) is 2.69. The Labute approximate surface area is 139 Å². The van der Waals surface area contributed by atoms with Crippen LogP contribution in [0.5, 0.6) is 0 Å². The Hall–Kier alpha value is -2.96. The van der Waals surface area contributed by atoms with Gasteiger partial charge in [0.2, 0.25) is 11.8 Å². The lowest BCUT2D eigenvalue weighted by atomic mass is 10.1. The summed E-state index contributed by atoms with van der Waals surface area (Å²) in [4.78, 5) is 24.9. The van der Waals surface area contributed by atoms with Gasteiger partial charge in [-0.3, -0.25) is 9.59 Å². The molecule has 24 heavy (non-hydrogen) atoms. The van der Waals surface area contributed by atoms with Crippen LogP contribution < -0.4 is 5.73 Å². The van der Waals surface area contributed by atoms with Crippen LogP contribution in [-0.2, 0) is 16.1 Å². The van der Waals surface area contributed by atoms with E-state index in [9.17, 15) is 9.59 Å². The van der Waals surface area contributed by atoms with Gasteiger partial charge in [0.25, 0.3) is 0 Å². The van der Waals surface area contributed by atoms with Gasteiger partial charge in [0.1, 0.15) is 5.69 Å². The van der Waals surface area contributed by atoms with Gasteiger partial charge in [-0.2, -0.15) is 0 Å². The quantitative estimate of drug-likeness (QED) is 0.818. The summed E-state index contributed by atoms with van der Waals surface area (Å²) in [5, 5.41) is 8.09. The van der Waals surface area contributed by atoms with E-state index >= 15 is 0 Å². The first-order valence-corrected chi connectivity index (χ1v) is 7.82. The molecule has 2 heterocycles. The Balaban J connectivity index is 1.57. The van der Waals surface area contributed by atoms with E-state index in [2.05, 4.69) is 10.3 Å². The number of hydrogen-bond acceptors (Lipinski definition) is 4. The molecule has 0 saturated carbocycles. The molecular weight excluding hydrogens is 306 g/mol. The molecule has 7 heteroatoms. The predicted octanol–water partition coefficient (Wildman–Crippen LogP) is 0.673. The molecule has 2 amide bonds. The van der Waals surface area contributed by atoms with Gasteiger partial charge in [0, 0.05) is 19.2 Å². The fraction of sp³-hybridized carbons (Fsp3) is 0.294. The average molecular weight is 325 g/mol. The Morgan fingerprint density at radius 3 is 2.79 bits per heavy atom. The van der Waals surface area contributed by atoms with Gasteiger partial charge < -0.3 is 10.6 Å². The summed E-state index contributed by atoms with van der Waals surface area (Å²) < 4.78 is 1.72. The first kappa shape index (κ1) is 15.9. The summed E-state index contributed by atoms with van der Waals surface area (Å²) in [6, 6.07) is 9.94. The van der Waals surface area contributed by atoms with Crippen molar-refractivity contribution < 1.29 is 9.59 Å². The van der Waals surface area contributed by atoms with Crippen molar-refractivity contribution in [2.75, 3.05) is 13.1 Å². The van der Waals surface area contributed by atoms with Crippen molar-refractivity contribution in [3.8, 4) is 0 Å². The summed E-state index contributed by atoms with van der Waals surface area (Å²) in [6.45, 7) is 1.57. The van der Waals surface area contributed by atoms with Gasteiger partial charge in [-0.25, -0.2) is 4.68 Å². The number of amides is 2. The second-order valence-corrected chi connectivity index (χ2v) is 5.83. The van der Waals surface area contributed by atoms with E-state index in [1.165, 1.54) is 6.08 Å². The SMILES string of the molecule is NC(=O)[C@H]1CCN(C(=O)/C=C\c2cn(Cc3ccccc3)nn2)C1. The summed E-state index contributed by atoms with van der Waals surface area (Å²) in [5.41, 5.74) is 7.02. The number of likely N-dealkylation sites (tertiary alicyclic amines) is 1. The molecule has 0 unspecified atom stereocenters. The van der Waals surface area contributed by atoms with Crippen LogP contribution in [0.4, 0.5) is 0 Å². The van der Waals surface area contributed by atoms with Crippen LogP contribution in [0.3, 0.4) is 0 Å². The number of aromatic nitrogens is 3. The molecular formula is C17H19N5O2. The van der Waals surface area contributed by atoms with Crippen molar-refractivity contribution >= 4 is 17.9 Å². The number of primary amides is 1. The smallest absolute Gasteiger partial charge is 0.246 e. The van der Waals surface area contributed by atoms with Crippen LogP contribution in [-0.4, -0.2) is 44.8 Å². The minimum atomic E-state index is -0.349. The highest BCUT2D eigenvalue weighted by molar-refractivity contribution is 5.92. The molecule has 1 aliphatic heterocycles. The second kappa shape index (κ2) is 7.08. The largest absolute Gasteiger partial charge is 0.369 e. The third kappa shape index (κ3) is 3.87. The van der Waals surface area contributed by atoms with Gasteiger partial charge in [-0.15, -0.1) is 5.10 Å². The lowest BCUT2D eigenvalue weighted by Crippen LogP contribution is -2.30. The minimum Gasteiger partial charge on any atom is -0.369 e. The maximum absolute atomic E-state index is 12.1. The maximum Gasteiger partial charge on any atom is 0.246 e. The normalized spacial score (nSPS) is 17.5. The highest BCUT2D eigenvalue weighted by Crippen LogP contribution is 2.16. The van der Waals surface area contributed by atoms with Gasteiger partial charge in [0.05, 0.1) is 18.7 Å². The number of nitrogens with zero attached hydrogens (tertiary/aromatic N) is 4. The topological polar surface area (TPSA) is 94.1 Å². The zero-order valence-corrected chi connectivity index (χ0v) is 13.2. The fourth-order valence-corrected chi connectivity index (χ4v) is 2.69. The zero-order chi connectivity index (χ0) is 16.9. The minimum absolute atomic E-state index is 0.142. The Kier molecular flexibility index (Phi) is 4.69. The third-order valence-electron chi connectivity index (χ3n) is 4.04. The van der Waals surface area contributed by atoms with Crippen molar-refractivity contribution in [2.45, 2.75) is 13.0 Å². The number of rotatable bonds is 5.